The van der Waals surface area contributed by atoms with Crippen molar-refractivity contribution in [2.75, 3.05) is 33.4 Å². The SMILES string of the molecule is CN=C(NCc1cccc(OC(F)F)c1)N1CCC2(CCOC2)C1.I. The molecular formula is C17H24F2IN3O2. The van der Waals surface area contributed by atoms with Gasteiger partial charge in [-0.3, -0.25) is 4.99 Å². The molecule has 0 saturated carbocycles. The first-order valence-electron chi connectivity index (χ1n) is 8.17. The van der Waals surface area contributed by atoms with E-state index in [-0.39, 0.29) is 35.1 Å². The van der Waals surface area contributed by atoms with Gasteiger partial charge in [-0.2, -0.15) is 8.78 Å². The molecule has 0 bridgehead atoms. The monoisotopic (exact) mass is 467 g/mol. The standard InChI is InChI=1S/C17H23F2N3O2.HI/c1-20-16(22-7-5-17(11-22)6-8-23-12-17)21-10-13-3-2-4-14(9-13)24-15(18)19;/h2-4,9,15H,5-8,10-12H2,1H3,(H,20,21);1H. The van der Waals surface area contributed by atoms with Crippen molar-refractivity contribution >= 4 is 29.9 Å². The van der Waals surface area contributed by atoms with Crippen molar-refractivity contribution in [3.05, 3.63) is 29.8 Å². The summed E-state index contributed by atoms with van der Waals surface area (Å²) in [6.45, 7) is 1.27. The molecule has 1 unspecified atom stereocenters. The van der Waals surface area contributed by atoms with E-state index in [9.17, 15) is 8.78 Å². The van der Waals surface area contributed by atoms with E-state index in [1.807, 2.05) is 6.07 Å². The summed E-state index contributed by atoms with van der Waals surface area (Å²) in [5.74, 6) is 1.00. The zero-order valence-corrected chi connectivity index (χ0v) is 16.5. The van der Waals surface area contributed by atoms with E-state index in [1.54, 1.807) is 19.2 Å². The molecule has 3 rings (SSSR count). The summed E-state index contributed by atoms with van der Waals surface area (Å²) in [5.41, 5.74) is 1.13. The Morgan fingerprint density at radius 2 is 2.28 bits per heavy atom. The van der Waals surface area contributed by atoms with Crippen LogP contribution < -0.4 is 10.1 Å². The number of halogens is 3. The van der Waals surface area contributed by atoms with E-state index in [4.69, 9.17) is 4.74 Å². The minimum atomic E-state index is -2.81. The van der Waals surface area contributed by atoms with Crippen molar-refractivity contribution in [2.24, 2.45) is 10.4 Å². The van der Waals surface area contributed by atoms with Gasteiger partial charge in [0.25, 0.3) is 0 Å². The van der Waals surface area contributed by atoms with Gasteiger partial charge < -0.3 is 19.7 Å². The van der Waals surface area contributed by atoms with Crippen LogP contribution >= 0.6 is 24.0 Å². The summed E-state index contributed by atoms with van der Waals surface area (Å²) in [5, 5.41) is 3.31. The van der Waals surface area contributed by atoms with E-state index >= 15 is 0 Å². The number of nitrogens with zero attached hydrogens (tertiary/aromatic N) is 2. The van der Waals surface area contributed by atoms with Gasteiger partial charge in [-0.05, 0) is 30.5 Å². The Balaban J connectivity index is 0.00000225. The molecule has 2 fully saturated rings. The Morgan fingerprint density at radius 3 is 2.96 bits per heavy atom. The van der Waals surface area contributed by atoms with Gasteiger partial charge in [0.05, 0.1) is 6.61 Å². The lowest BCUT2D eigenvalue weighted by atomic mass is 9.87. The van der Waals surface area contributed by atoms with Gasteiger partial charge in [0.15, 0.2) is 5.96 Å². The highest BCUT2D eigenvalue weighted by Gasteiger charge is 2.42. The largest absolute Gasteiger partial charge is 0.435 e. The molecule has 1 spiro atoms. The Hall–Kier alpha value is -1.16. The smallest absolute Gasteiger partial charge is 0.387 e. The summed E-state index contributed by atoms with van der Waals surface area (Å²) < 4.78 is 34.6. The predicted molar refractivity (Wildman–Crippen MR) is 103 cm³/mol. The normalized spacial score (nSPS) is 23.2. The Morgan fingerprint density at radius 1 is 1.44 bits per heavy atom. The van der Waals surface area contributed by atoms with E-state index in [1.165, 1.54) is 6.07 Å². The fourth-order valence-electron chi connectivity index (χ4n) is 3.43. The highest BCUT2D eigenvalue weighted by molar-refractivity contribution is 14.0. The van der Waals surface area contributed by atoms with Crippen LogP contribution in [0.5, 0.6) is 5.75 Å². The third-order valence-electron chi connectivity index (χ3n) is 4.71. The number of guanidine groups is 1. The molecule has 2 aliphatic heterocycles. The van der Waals surface area contributed by atoms with Crippen LogP contribution in [-0.2, 0) is 11.3 Å². The first kappa shape index (κ1) is 20.2. The van der Waals surface area contributed by atoms with E-state index in [2.05, 4.69) is 19.9 Å². The van der Waals surface area contributed by atoms with Crippen molar-refractivity contribution in [3.63, 3.8) is 0 Å². The van der Waals surface area contributed by atoms with Gasteiger partial charge in [0.2, 0.25) is 0 Å². The molecular weight excluding hydrogens is 443 g/mol. The highest BCUT2D eigenvalue weighted by atomic mass is 127. The van der Waals surface area contributed by atoms with Crippen molar-refractivity contribution in [1.82, 2.24) is 10.2 Å². The van der Waals surface area contributed by atoms with E-state index in [0.717, 1.165) is 50.7 Å². The number of aliphatic imine (C=N–C) groups is 1. The van der Waals surface area contributed by atoms with Crippen molar-refractivity contribution in [2.45, 2.75) is 26.0 Å². The molecule has 0 aliphatic carbocycles. The van der Waals surface area contributed by atoms with Crippen LogP contribution in [0.1, 0.15) is 18.4 Å². The molecule has 1 atom stereocenters. The fourth-order valence-corrected chi connectivity index (χ4v) is 3.43. The number of benzene rings is 1. The summed E-state index contributed by atoms with van der Waals surface area (Å²) in [4.78, 5) is 6.59. The van der Waals surface area contributed by atoms with Crippen LogP contribution in [0.15, 0.2) is 29.3 Å². The third kappa shape index (κ3) is 5.16. The molecule has 25 heavy (non-hydrogen) atoms. The van der Waals surface area contributed by atoms with Crippen molar-refractivity contribution < 1.29 is 18.3 Å². The van der Waals surface area contributed by atoms with Crippen molar-refractivity contribution in [1.29, 1.82) is 0 Å². The molecule has 0 aromatic heterocycles. The second kappa shape index (κ2) is 8.98. The van der Waals surface area contributed by atoms with Gasteiger partial charge in [0.1, 0.15) is 5.75 Å². The number of hydrogen-bond acceptors (Lipinski definition) is 3. The van der Waals surface area contributed by atoms with Crippen molar-refractivity contribution in [3.8, 4) is 5.75 Å². The number of ether oxygens (including phenoxy) is 2. The lowest BCUT2D eigenvalue weighted by molar-refractivity contribution is -0.0498. The van der Waals surface area contributed by atoms with Gasteiger partial charge in [0, 0.05) is 38.7 Å². The topological polar surface area (TPSA) is 46.1 Å². The van der Waals surface area contributed by atoms with E-state index in [0.29, 0.717) is 6.54 Å². The summed E-state index contributed by atoms with van der Waals surface area (Å²) in [7, 11) is 1.76. The Kier molecular flexibility index (Phi) is 7.24. The average molecular weight is 467 g/mol. The summed E-state index contributed by atoms with van der Waals surface area (Å²) in [6, 6.07) is 6.71. The first-order valence-corrected chi connectivity index (χ1v) is 8.17. The Bertz CT molecular complexity index is 595. The second-order valence-corrected chi connectivity index (χ2v) is 6.40. The average Bonchev–Trinajstić information content (AvgIpc) is 3.18. The molecule has 2 saturated heterocycles. The van der Waals surface area contributed by atoms with Crippen LogP contribution in [-0.4, -0.2) is 50.8 Å². The zero-order chi connectivity index (χ0) is 17.0. The van der Waals surface area contributed by atoms with Crippen LogP contribution in [0, 0.1) is 5.41 Å². The van der Waals surface area contributed by atoms with Crippen LogP contribution in [0.25, 0.3) is 0 Å². The maximum absolute atomic E-state index is 12.3. The fraction of sp³-hybridized carbons (Fsp3) is 0.588. The Labute approximate surface area is 163 Å². The molecule has 140 valence electrons. The minimum Gasteiger partial charge on any atom is -0.435 e. The molecule has 1 aromatic rings. The lowest BCUT2D eigenvalue weighted by Crippen LogP contribution is -2.41. The number of likely N-dealkylation sites (tertiary alicyclic amines) is 1. The predicted octanol–water partition coefficient (Wildman–Crippen LogP) is 3.09. The van der Waals surface area contributed by atoms with Gasteiger partial charge in [-0.15, -0.1) is 24.0 Å². The quantitative estimate of drug-likeness (QED) is 0.420. The molecule has 8 heteroatoms. The molecule has 0 amide bonds. The van der Waals surface area contributed by atoms with Gasteiger partial charge >= 0.3 is 6.61 Å². The number of alkyl halides is 2. The molecule has 2 heterocycles. The summed E-state index contributed by atoms with van der Waals surface area (Å²) in [6.07, 6.45) is 2.22. The van der Waals surface area contributed by atoms with Crippen LogP contribution in [0.3, 0.4) is 0 Å². The maximum atomic E-state index is 12.3. The second-order valence-electron chi connectivity index (χ2n) is 6.40. The molecule has 5 nitrogen and oxygen atoms in total. The minimum absolute atomic E-state index is 0. The number of nitrogens with one attached hydrogen (secondary N) is 1. The lowest BCUT2D eigenvalue weighted by Gasteiger charge is -2.25. The highest BCUT2D eigenvalue weighted by Crippen LogP contribution is 2.38. The number of rotatable bonds is 4. The third-order valence-corrected chi connectivity index (χ3v) is 4.71. The molecule has 0 radical (unpaired) electrons. The number of hydrogen-bond donors (Lipinski definition) is 1. The maximum Gasteiger partial charge on any atom is 0.387 e. The van der Waals surface area contributed by atoms with Crippen LogP contribution in [0.2, 0.25) is 0 Å². The van der Waals surface area contributed by atoms with Gasteiger partial charge in [-0.1, -0.05) is 12.1 Å². The summed E-state index contributed by atoms with van der Waals surface area (Å²) >= 11 is 0. The zero-order valence-electron chi connectivity index (χ0n) is 14.2. The molecule has 2 aliphatic rings. The molecule has 1 N–H and O–H groups in total. The molecule has 1 aromatic carbocycles. The van der Waals surface area contributed by atoms with E-state index < -0.39 is 6.61 Å². The van der Waals surface area contributed by atoms with Crippen LogP contribution in [0.4, 0.5) is 8.78 Å². The van der Waals surface area contributed by atoms with Gasteiger partial charge in [-0.25, -0.2) is 0 Å². The first-order chi connectivity index (χ1) is 11.6.